The minimum absolute atomic E-state index is 0.204. The highest BCUT2D eigenvalue weighted by Gasteiger charge is 2.25. The molecule has 0 aliphatic rings. The molecule has 0 saturated heterocycles. The molecule has 1 N–H and O–H groups in total. The van der Waals surface area contributed by atoms with Gasteiger partial charge in [0.15, 0.2) is 0 Å². The minimum Gasteiger partial charge on any atom is -0.381 e. The molecule has 234 valence electrons. The van der Waals surface area contributed by atoms with Gasteiger partial charge < -0.3 is 18.5 Å². The van der Waals surface area contributed by atoms with Crippen LogP contribution in [0.15, 0.2) is 15.8 Å². The molecule has 1 aromatic rings. The fraction of sp³-hybridized carbons (Fsp3) is 0.867. The summed E-state index contributed by atoms with van der Waals surface area (Å²) in [5.41, 5.74) is -0.487. The molecule has 1 rings (SSSR count). The number of unbranched alkanes of at least 4 members (excludes halogenated alkanes) is 13. The lowest BCUT2D eigenvalue weighted by Gasteiger charge is -2.21. The Labute approximate surface area is 242 Å². The van der Waals surface area contributed by atoms with Gasteiger partial charge in [0.1, 0.15) is 6.35 Å². The van der Waals surface area contributed by atoms with Crippen LogP contribution < -0.4 is 11.2 Å². The molecular formula is C30H57N2O7P. The van der Waals surface area contributed by atoms with Gasteiger partial charge in [-0.1, -0.05) is 90.4 Å². The van der Waals surface area contributed by atoms with Gasteiger partial charge in [0, 0.05) is 25.0 Å². The molecule has 10 heteroatoms. The normalized spacial score (nSPS) is 13.9. The molecule has 0 spiro atoms. The van der Waals surface area contributed by atoms with Crippen LogP contribution in [0.1, 0.15) is 123 Å². The summed E-state index contributed by atoms with van der Waals surface area (Å²) in [5, 5.41) is 0. The van der Waals surface area contributed by atoms with Gasteiger partial charge in [-0.3, -0.25) is 18.9 Å². The first-order valence-corrected chi connectivity index (χ1v) is 17.4. The Morgan fingerprint density at radius 3 is 1.93 bits per heavy atom. The van der Waals surface area contributed by atoms with Gasteiger partial charge in [0.05, 0.1) is 25.9 Å². The van der Waals surface area contributed by atoms with Crippen molar-refractivity contribution in [3.05, 3.63) is 32.6 Å². The largest absolute Gasteiger partial charge is 0.381 e. The van der Waals surface area contributed by atoms with Crippen LogP contribution in [0.25, 0.3) is 0 Å². The van der Waals surface area contributed by atoms with E-state index < -0.39 is 24.9 Å². The van der Waals surface area contributed by atoms with Gasteiger partial charge in [-0.25, -0.2) is 4.79 Å². The summed E-state index contributed by atoms with van der Waals surface area (Å²) < 4.78 is 36.7. The zero-order valence-electron chi connectivity index (χ0n) is 25.8. The maximum Gasteiger partial charge on any atom is 0.356 e. The van der Waals surface area contributed by atoms with Gasteiger partial charge >= 0.3 is 13.3 Å². The van der Waals surface area contributed by atoms with Crippen LogP contribution in [0, 0.1) is 6.92 Å². The van der Waals surface area contributed by atoms with Gasteiger partial charge in [0.2, 0.25) is 0 Å². The molecule has 2 unspecified atom stereocenters. The van der Waals surface area contributed by atoms with Crippen molar-refractivity contribution < 1.29 is 23.1 Å². The fourth-order valence-corrected chi connectivity index (χ4v) is 5.94. The SMILES string of the molecule is CCCCCCCCCCCCCCCCOCCCOP(=O)(COC(C)Cn1cc(C)c(=O)[nH]c1=O)OCC. The van der Waals surface area contributed by atoms with Crippen molar-refractivity contribution >= 4 is 7.60 Å². The molecule has 0 aliphatic carbocycles. The van der Waals surface area contributed by atoms with E-state index in [9.17, 15) is 14.2 Å². The van der Waals surface area contributed by atoms with Crippen LogP contribution in [0.3, 0.4) is 0 Å². The third kappa shape index (κ3) is 18.2. The van der Waals surface area contributed by atoms with Crippen molar-refractivity contribution in [2.24, 2.45) is 0 Å². The first kappa shape index (κ1) is 36.8. The third-order valence-corrected chi connectivity index (χ3v) is 8.54. The Morgan fingerprint density at radius 1 is 0.800 bits per heavy atom. The van der Waals surface area contributed by atoms with E-state index in [2.05, 4.69) is 11.9 Å². The molecule has 0 radical (unpaired) electrons. The number of rotatable bonds is 27. The van der Waals surface area contributed by atoms with E-state index in [4.69, 9.17) is 18.5 Å². The van der Waals surface area contributed by atoms with Crippen LogP contribution in [-0.2, 0) is 29.6 Å². The van der Waals surface area contributed by atoms with Gasteiger partial charge in [-0.05, 0) is 33.6 Å². The molecule has 0 amide bonds. The molecule has 2 atom stereocenters. The number of aryl methyl sites for hydroxylation is 1. The molecule has 0 aliphatic heterocycles. The molecule has 1 aromatic heterocycles. The van der Waals surface area contributed by atoms with E-state index in [0.717, 1.165) is 13.0 Å². The van der Waals surface area contributed by atoms with E-state index in [1.165, 1.54) is 94.2 Å². The minimum atomic E-state index is -3.42. The molecule has 9 nitrogen and oxygen atoms in total. The molecule has 1 heterocycles. The van der Waals surface area contributed by atoms with Crippen molar-refractivity contribution in [2.75, 3.05) is 32.8 Å². The number of nitrogens with one attached hydrogen (secondary N) is 1. The lowest BCUT2D eigenvalue weighted by atomic mass is 10.0. The third-order valence-electron chi connectivity index (χ3n) is 6.85. The number of aromatic nitrogens is 2. The number of H-pyrrole nitrogens is 1. The Balaban J connectivity index is 2.05. The van der Waals surface area contributed by atoms with Gasteiger partial charge in [-0.2, -0.15) is 0 Å². The number of ether oxygens (including phenoxy) is 2. The summed E-state index contributed by atoms with van der Waals surface area (Å²) in [4.78, 5) is 25.8. The Kier molecular flexibility index (Phi) is 21.4. The van der Waals surface area contributed by atoms with Crippen LogP contribution in [-0.4, -0.2) is 48.4 Å². The van der Waals surface area contributed by atoms with Crippen molar-refractivity contribution in [3.8, 4) is 0 Å². The highest BCUT2D eigenvalue weighted by molar-refractivity contribution is 7.53. The lowest BCUT2D eigenvalue weighted by molar-refractivity contribution is 0.0619. The quantitative estimate of drug-likeness (QED) is 0.0846. The van der Waals surface area contributed by atoms with Gasteiger partial charge in [-0.15, -0.1) is 0 Å². The second-order valence-electron chi connectivity index (χ2n) is 10.8. The molecule has 0 aromatic carbocycles. The maximum atomic E-state index is 13.0. The monoisotopic (exact) mass is 588 g/mol. The fourth-order valence-electron chi connectivity index (χ4n) is 4.48. The zero-order valence-corrected chi connectivity index (χ0v) is 26.7. The Morgan fingerprint density at radius 2 is 1.35 bits per heavy atom. The lowest BCUT2D eigenvalue weighted by Crippen LogP contribution is -2.34. The van der Waals surface area contributed by atoms with Crippen LogP contribution in [0.2, 0.25) is 0 Å². The Bertz CT molecular complexity index is 918. The summed E-state index contributed by atoms with van der Waals surface area (Å²) in [5.74, 6) is 0. The van der Waals surface area contributed by atoms with Crippen LogP contribution >= 0.6 is 7.60 Å². The predicted octanol–water partition coefficient (Wildman–Crippen LogP) is 7.34. The maximum absolute atomic E-state index is 13.0. The predicted molar refractivity (Wildman–Crippen MR) is 162 cm³/mol. The van der Waals surface area contributed by atoms with Crippen molar-refractivity contribution in [2.45, 2.75) is 137 Å². The smallest absolute Gasteiger partial charge is 0.356 e. The molecular weight excluding hydrogens is 531 g/mol. The Hall–Kier alpha value is -1.25. The van der Waals surface area contributed by atoms with E-state index in [-0.39, 0.29) is 26.1 Å². The molecule has 0 saturated carbocycles. The number of hydrogen-bond donors (Lipinski definition) is 1. The van der Waals surface area contributed by atoms with E-state index in [0.29, 0.717) is 18.6 Å². The highest BCUT2D eigenvalue weighted by atomic mass is 31.2. The zero-order chi connectivity index (χ0) is 29.5. The summed E-state index contributed by atoms with van der Waals surface area (Å²) in [7, 11) is -3.42. The number of nitrogens with zero attached hydrogens (tertiary/aromatic N) is 1. The molecule has 0 bridgehead atoms. The standard InChI is InChI=1S/C30H57N2O7P/c1-5-7-8-9-10-11-12-13-14-15-16-17-18-19-21-36-22-20-23-39-40(35,38-6-2)26-37-28(4)25-32-24-27(3)29(33)31-30(32)34/h24,28H,5-23,25-26H2,1-4H3,(H,31,33,34). The van der Waals surface area contributed by atoms with E-state index in [1.54, 1.807) is 20.8 Å². The molecule has 40 heavy (non-hydrogen) atoms. The average Bonchev–Trinajstić information content (AvgIpc) is 2.92. The first-order valence-electron chi connectivity index (χ1n) is 15.7. The summed E-state index contributed by atoms with van der Waals surface area (Å²) in [6.45, 7) is 9.40. The van der Waals surface area contributed by atoms with Crippen molar-refractivity contribution in [3.63, 3.8) is 0 Å². The summed E-state index contributed by atoms with van der Waals surface area (Å²) >= 11 is 0. The summed E-state index contributed by atoms with van der Waals surface area (Å²) in [6, 6.07) is 0. The number of aromatic amines is 1. The second-order valence-corrected chi connectivity index (χ2v) is 12.8. The number of hydrogen-bond acceptors (Lipinski definition) is 7. The van der Waals surface area contributed by atoms with E-state index >= 15 is 0 Å². The van der Waals surface area contributed by atoms with Gasteiger partial charge in [0.25, 0.3) is 5.56 Å². The second kappa shape index (κ2) is 23.3. The van der Waals surface area contributed by atoms with Crippen LogP contribution in [0.5, 0.6) is 0 Å². The van der Waals surface area contributed by atoms with Crippen molar-refractivity contribution in [1.82, 2.24) is 9.55 Å². The first-order chi connectivity index (χ1) is 19.3. The molecule has 0 fully saturated rings. The highest BCUT2D eigenvalue weighted by Crippen LogP contribution is 2.48. The summed E-state index contributed by atoms with van der Waals surface area (Å²) in [6.07, 6.45) is 20.2. The van der Waals surface area contributed by atoms with E-state index in [1.807, 2.05) is 0 Å². The van der Waals surface area contributed by atoms with Crippen molar-refractivity contribution in [1.29, 1.82) is 0 Å². The average molecular weight is 589 g/mol. The topological polar surface area (TPSA) is 109 Å². The van der Waals surface area contributed by atoms with Crippen LogP contribution in [0.4, 0.5) is 0 Å².